The topological polar surface area (TPSA) is 46.5 Å². The predicted octanol–water partition coefficient (Wildman–Crippen LogP) is 1.42. The van der Waals surface area contributed by atoms with Gasteiger partial charge in [0.05, 0.1) is 11.5 Å². The lowest BCUT2D eigenvalue weighted by Gasteiger charge is -2.33. The normalized spacial score (nSPS) is 40.8. The van der Waals surface area contributed by atoms with Crippen LogP contribution in [0.1, 0.15) is 32.1 Å². The summed E-state index contributed by atoms with van der Waals surface area (Å²) in [6.07, 6.45) is 4.64. The van der Waals surface area contributed by atoms with Gasteiger partial charge in [-0.15, -0.1) is 0 Å². The van der Waals surface area contributed by atoms with E-state index in [2.05, 4.69) is 0 Å². The smallest absolute Gasteiger partial charge is 0.312 e. The van der Waals surface area contributed by atoms with Crippen LogP contribution >= 0.6 is 0 Å². The standard InChI is InChI=1S/C9H14O3/c10-8(11)9-4-2-1-3-7(9)12-6-5-9/h7H,1-6H2,(H,10,11)/t7-,9-/m0/s1. The Kier molecular flexibility index (Phi) is 1.83. The maximum Gasteiger partial charge on any atom is 0.312 e. The van der Waals surface area contributed by atoms with Crippen molar-refractivity contribution >= 4 is 5.97 Å². The molecule has 2 rings (SSSR count). The van der Waals surface area contributed by atoms with Crippen LogP contribution in [0.2, 0.25) is 0 Å². The third-order valence-corrected chi connectivity index (χ3v) is 3.25. The van der Waals surface area contributed by atoms with Gasteiger partial charge >= 0.3 is 5.97 Å². The van der Waals surface area contributed by atoms with Crippen LogP contribution in [-0.4, -0.2) is 23.8 Å². The van der Waals surface area contributed by atoms with Crippen molar-refractivity contribution in [3.8, 4) is 0 Å². The van der Waals surface area contributed by atoms with Crippen molar-refractivity contribution < 1.29 is 14.6 Å². The lowest BCUT2D eigenvalue weighted by atomic mass is 9.71. The molecule has 0 radical (unpaired) electrons. The largest absolute Gasteiger partial charge is 0.481 e. The number of aliphatic carboxylic acids is 1. The molecule has 1 saturated carbocycles. The van der Waals surface area contributed by atoms with E-state index in [1.54, 1.807) is 0 Å². The molecule has 0 amide bonds. The quantitative estimate of drug-likeness (QED) is 0.647. The van der Waals surface area contributed by atoms with Gasteiger partial charge < -0.3 is 9.84 Å². The van der Waals surface area contributed by atoms with Crippen molar-refractivity contribution in [1.29, 1.82) is 0 Å². The zero-order chi connectivity index (χ0) is 8.60. The summed E-state index contributed by atoms with van der Waals surface area (Å²) in [5, 5.41) is 9.12. The zero-order valence-electron chi connectivity index (χ0n) is 7.08. The highest BCUT2D eigenvalue weighted by Crippen LogP contribution is 2.45. The molecule has 2 atom stereocenters. The minimum Gasteiger partial charge on any atom is -0.481 e. The summed E-state index contributed by atoms with van der Waals surface area (Å²) in [6.45, 7) is 0.636. The Morgan fingerprint density at radius 2 is 2.25 bits per heavy atom. The lowest BCUT2D eigenvalue weighted by Crippen LogP contribution is -2.41. The molecule has 2 aliphatic rings. The number of carboxylic acids is 1. The number of hydrogen-bond donors (Lipinski definition) is 1. The maximum atomic E-state index is 11.1. The van der Waals surface area contributed by atoms with Crippen LogP contribution in [0.15, 0.2) is 0 Å². The van der Waals surface area contributed by atoms with E-state index in [1.807, 2.05) is 0 Å². The van der Waals surface area contributed by atoms with Gasteiger partial charge in [-0.3, -0.25) is 4.79 Å². The van der Waals surface area contributed by atoms with Gasteiger partial charge in [0.1, 0.15) is 0 Å². The number of ether oxygens (including phenoxy) is 1. The van der Waals surface area contributed by atoms with Gasteiger partial charge in [-0.1, -0.05) is 12.8 Å². The van der Waals surface area contributed by atoms with Crippen molar-refractivity contribution in [2.45, 2.75) is 38.2 Å². The van der Waals surface area contributed by atoms with Gasteiger partial charge in [-0.2, -0.15) is 0 Å². The highest BCUT2D eigenvalue weighted by Gasteiger charge is 2.51. The third-order valence-electron chi connectivity index (χ3n) is 3.25. The Balaban J connectivity index is 2.23. The van der Waals surface area contributed by atoms with E-state index in [9.17, 15) is 4.79 Å². The van der Waals surface area contributed by atoms with Gasteiger partial charge in [0.25, 0.3) is 0 Å². The van der Waals surface area contributed by atoms with Crippen LogP contribution < -0.4 is 0 Å². The molecule has 68 valence electrons. The first-order valence-electron chi connectivity index (χ1n) is 4.61. The molecule has 1 aliphatic heterocycles. The Morgan fingerprint density at radius 1 is 1.42 bits per heavy atom. The molecule has 1 saturated heterocycles. The summed E-state index contributed by atoms with van der Waals surface area (Å²) in [5.41, 5.74) is -0.516. The Morgan fingerprint density at radius 3 is 2.92 bits per heavy atom. The summed E-state index contributed by atoms with van der Waals surface area (Å²) in [4.78, 5) is 11.1. The first kappa shape index (κ1) is 8.05. The van der Waals surface area contributed by atoms with E-state index in [0.29, 0.717) is 13.0 Å². The molecule has 12 heavy (non-hydrogen) atoms. The third kappa shape index (κ3) is 0.959. The average molecular weight is 170 g/mol. The molecular formula is C9H14O3. The highest BCUT2D eigenvalue weighted by molar-refractivity contribution is 5.76. The molecular weight excluding hydrogens is 156 g/mol. The van der Waals surface area contributed by atoms with Crippen LogP contribution in [0.4, 0.5) is 0 Å². The molecule has 0 aromatic rings. The van der Waals surface area contributed by atoms with E-state index in [0.717, 1.165) is 25.7 Å². The maximum absolute atomic E-state index is 11.1. The Labute approximate surface area is 71.7 Å². The second-order valence-corrected chi connectivity index (χ2v) is 3.82. The molecule has 3 heteroatoms. The van der Waals surface area contributed by atoms with Crippen molar-refractivity contribution in [2.24, 2.45) is 5.41 Å². The zero-order valence-corrected chi connectivity index (χ0v) is 7.08. The molecule has 0 spiro atoms. The van der Waals surface area contributed by atoms with Crippen LogP contribution in [0.5, 0.6) is 0 Å². The number of carboxylic acid groups (broad SMARTS) is 1. The van der Waals surface area contributed by atoms with E-state index in [4.69, 9.17) is 9.84 Å². The lowest BCUT2D eigenvalue weighted by molar-refractivity contribution is -0.155. The van der Waals surface area contributed by atoms with Crippen LogP contribution in [-0.2, 0) is 9.53 Å². The van der Waals surface area contributed by atoms with Crippen LogP contribution in [0.25, 0.3) is 0 Å². The molecule has 2 fully saturated rings. The average Bonchev–Trinajstić information content (AvgIpc) is 2.48. The van der Waals surface area contributed by atoms with E-state index >= 15 is 0 Å². The van der Waals surface area contributed by atoms with Gasteiger partial charge in [0, 0.05) is 6.61 Å². The van der Waals surface area contributed by atoms with Crippen LogP contribution in [0.3, 0.4) is 0 Å². The summed E-state index contributed by atoms with van der Waals surface area (Å²) in [5.74, 6) is -0.648. The second-order valence-electron chi connectivity index (χ2n) is 3.82. The van der Waals surface area contributed by atoms with Crippen molar-refractivity contribution in [1.82, 2.24) is 0 Å². The molecule has 1 aliphatic carbocycles. The highest BCUT2D eigenvalue weighted by atomic mass is 16.5. The summed E-state index contributed by atoms with van der Waals surface area (Å²) < 4.78 is 5.44. The molecule has 0 aromatic heterocycles. The van der Waals surface area contributed by atoms with Gasteiger partial charge in [-0.25, -0.2) is 0 Å². The summed E-state index contributed by atoms with van der Waals surface area (Å²) in [7, 11) is 0. The molecule has 1 N–H and O–H groups in total. The number of rotatable bonds is 1. The van der Waals surface area contributed by atoms with Crippen molar-refractivity contribution in [2.75, 3.05) is 6.61 Å². The van der Waals surface area contributed by atoms with Crippen molar-refractivity contribution in [3.05, 3.63) is 0 Å². The summed E-state index contributed by atoms with van der Waals surface area (Å²) >= 11 is 0. The number of hydrogen-bond acceptors (Lipinski definition) is 2. The SMILES string of the molecule is O=C(O)[C@]12CCCC[C@@H]1OCC2. The van der Waals surface area contributed by atoms with Gasteiger partial charge in [-0.05, 0) is 19.3 Å². The minimum absolute atomic E-state index is 0.00347. The van der Waals surface area contributed by atoms with E-state index in [1.165, 1.54) is 0 Å². The van der Waals surface area contributed by atoms with Crippen LogP contribution in [0, 0.1) is 5.41 Å². The van der Waals surface area contributed by atoms with Crippen molar-refractivity contribution in [3.63, 3.8) is 0 Å². The second kappa shape index (κ2) is 2.73. The predicted molar refractivity (Wildman–Crippen MR) is 42.9 cm³/mol. The van der Waals surface area contributed by atoms with Gasteiger partial charge in [0.2, 0.25) is 0 Å². The Hall–Kier alpha value is -0.570. The number of carbonyl (C=O) groups is 1. The van der Waals surface area contributed by atoms with E-state index in [-0.39, 0.29) is 6.10 Å². The first-order valence-corrected chi connectivity index (χ1v) is 4.61. The monoisotopic (exact) mass is 170 g/mol. The molecule has 1 heterocycles. The fraction of sp³-hybridized carbons (Fsp3) is 0.889. The molecule has 0 aromatic carbocycles. The first-order chi connectivity index (χ1) is 5.76. The van der Waals surface area contributed by atoms with Gasteiger partial charge in [0.15, 0.2) is 0 Å². The number of fused-ring (bicyclic) bond motifs is 1. The fourth-order valence-corrected chi connectivity index (χ4v) is 2.47. The molecule has 3 nitrogen and oxygen atoms in total. The minimum atomic E-state index is -0.648. The Bertz CT molecular complexity index is 202. The molecule has 0 unspecified atom stereocenters. The fourth-order valence-electron chi connectivity index (χ4n) is 2.47. The summed E-state index contributed by atoms with van der Waals surface area (Å²) in [6, 6.07) is 0. The molecule has 0 bridgehead atoms. The van der Waals surface area contributed by atoms with E-state index < -0.39 is 11.4 Å².